The van der Waals surface area contributed by atoms with Crippen molar-refractivity contribution in [3.05, 3.63) is 0 Å². The van der Waals surface area contributed by atoms with Crippen molar-refractivity contribution in [2.75, 3.05) is 0 Å². The molecular formula is C13H26. The van der Waals surface area contributed by atoms with Crippen molar-refractivity contribution < 1.29 is 0 Å². The predicted octanol–water partition coefficient (Wildman–Crippen LogP) is 4.78. The zero-order valence-corrected chi connectivity index (χ0v) is 9.73. The van der Waals surface area contributed by atoms with Gasteiger partial charge in [-0.05, 0) is 24.2 Å². The van der Waals surface area contributed by atoms with Gasteiger partial charge >= 0.3 is 0 Å². The van der Waals surface area contributed by atoms with E-state index in [1.165, 1.54) is 51.4 Å². The molecule has 0 unspecified atom stereocenters. The minimum Gasteiger partial charge on any atom is -0.0623 e. The van der Waals surface area contributed by atoms with Gasteiger partial charge in [0.1, 0.15) is 0 Å². The normalized spacial score (nSPS) is 24.9. The first-order chi connectivity index (χ1) is 6.15. The Morgan fingerprint density at radius 2 is 1.15 bits per heavy atom. The van der Waals surface area contributed by atoms with Crippen LogP contribution in [-0.2, 0) is 0 Å². The molecule has 0 aromatic heterocycles. The summed E-state index contributed by atoms with van der Waals surface area (Å²) in [6, 6.07) is 0. The van der Waals surface area contributed by atoms with Crippen LogP contribution in [0, 0.1) is 11.3 Å². The molecule has 0 aromatic rings. The minimum atomic E-state index is 0.643. The molecule has 0 aromatic carbocycles. The lowest BCUT2D eigenvalue weighted by Gasteiger charge is -2.33. The average molecular weight is 182 g/mol. The molecule has 78 valence electrons. The summed E-state index contributed by atoms with van der Waals surface area (Å²) in [5.74, 6) is 0.866. The van der Waals surface area contributed by atoms with Crippen LogP contribution in [0.4, 0.5) is 0 Å². The summed E-state index contributed by atoms with van der Waals surface area (Å²) >= 11 is 0. The van der Waals surface area contributed by atoms with Crippen molar-refractivity contribution in [1.82, 2.24) is 0 Å². The predicted molar refractivity (Wildman–Crippen MR) is 59.9 cm³/mol. The van der Waals surface area contributed by atoms with E-state index < -0.39 is 0 Å². The fraction of sp³-hybridized carbons (Fsp3) is 1.00. The van der Waals surface area contributed by atoms with Gasteiger partial charge in [-0.15, -0.1) is 0 Å². The molecule has 0 N–H and O–H groups in total. The quantitative estimate of drug-likeness (QED) is 0.547. The highest BCUT2D eigenvalue weighted by molar-refractivity contribution is 4.78. The highest BCUT2D eigenvalue weighted by Crippen LogP contribution is 2.39. The number of hydrogen-bond acceptors (Lipinski definition) is 0. The lowest BCUT2D eigenvalue weighted by atomic mass is 9.72. The van der Waals surface area contributed by atoms with Gasteiger partial charge in [0, 0.05) is 0 Å². The Morgan fingerprint density at radius 3 is 1.54 bits per heavy atom. The highest BCUT2D eigenvalue weighted by atomic mass is 14.3. The van der Waals surface area contributed by atoms with Crippen molar-refractivity contribution in [1.29, 1.82) is 0 Å². The van der Waals surface area contributed by atoms with E-state index in [1.807, 2.05) is 0 Å². The van der Waals surface area contributed by atoms with Crippen LogP contribution >= 0.6 is 0 Å². The van der Waals surface area contributed by atoms with E-state index in [0.717, 1.165) is 5.92 Å². The lowest BCUT2D eigenvalue weighted by molar-refractivity contribution is 0.173. The van der Waals surface area contributed by atoms with E-state index in [2.05, 4.69) is 20.8 Å². The smallest absolute Gasteiger partial charge is 0.0303 e. The van der Waals surface area contributed by atoms with Crippen molar-refractivity contribution in [2.45, 2.75) is 72.1 Å². The van der Waals surface area contributed by atoms with E-state index in [4.69, 9.17) is 0 Å². The van der Waals surface area contributed by atoms with Gasteiger partial charge in [-0.25, -0.2) is 0 Å². The van der Waals surface area contributed by atoms with Crippen molar-refractivity contribution in [3.8, 4) is 0 Å². The van der Waals surface area contributed by atoms with E-state index in [0.29, 0.717) is 5.41 Å². The molecule has 1 saturated carbocycles. The van der Waals surface area contributed by atoms with Gasteiger partial charge in [0.05, 0.1) is 0 Å². The lowest BCUT2D eigenvalue weighted by Crippen LogP contribution is -2.23. The van der Waals surface area contributed by atoms with Gasteiger partial charge in [-0.3, -0.25) is 0 Å². The molecule has 0 amide bonds. The summed E-state index contributed by atoms with van der Waals surface area (Å²) in [7, 11) is 0. The van der Waals surface area contributed by atoms with Gasteiger partial charge in [-0.2, -0.15) is 0 Å². The zero-order chi connectivity index (χ0) is 9.73. The van der Waals surface area contributed by atoms with Crippen LogP contribution in [0.2, 0.25) is 0 Å². The molecule has 0 heteroatoms. The molecule has 0 atom stereocenters. The van der Waals surface area contributed by atoms with E-state index in [9.17, 15) is 0 Å². The highest BCUT2D eigenvalue weighted by Gasteiger charge is 2.27. The van der Waals surface area contributed by atoms with E-state index >= 15 is 0 Å². The second-order valence-corrected chi connectivity index (χ2v) is 5.43. The second kappa shape index (κ2) is 5.02. The second-order valence-electron chi connectivity index (χ2n) is 5.43. The fourth-order valence-corrected chi connectivity index (χ4v) is 2.47. The van der Waals surface area contributed by atoms with Crippen LogP contribution in [0.3, 0.4) is 0 Å². The third kappa shape index (κ3) is 3.32. The SMILES string of the molecule is CC(C)C1(C)CCCCCCCC1. The summed E-state index contributed by atoms with van der Waals surface area (Å²) in [5.41, 5.74) is 0.643. The molecule has 0 bridgehead atoms. The maximum atomic E-state index is 2.50. The van der Waals surface area contributed by atoms with Crippen molar-refractivity contribution in [3.63, 3.8) is 0 Å². The Bertz CT molecular complexity index is 125. The Kier molecular flexibility index (Phi) is 4.28. The average Bonchev–Trinajstić information content (AvgIpc) is 2.18. The fourth-order valence-electron chi connectivity index (χ4n) is 2.47. The monoisotopic (exact) mass is 182 g/mol. The van der Waals surface area contributed by atoms with Crippen LogP contribution in [0.15, 0.2) is 0 Å². The Labute approximate surface area is 84.1 Å². The molecule has 0 nitrogen and oxygen atoms in total. The molecule has 0 aliphatic heterocycles. The summed E-state index contributed by atoms with van der Waals surface area (Å²) < 4.78 is 0. The Morgan fingerprint density at radius 1 is 0.769 bits per heavy atom. The van der Waals surface area contributed by atoms with Crippen molar-refractivity contribution >= 4 is 0 Å². The molecule has 1 fully saturated rings. The van der Waals surface area contributed by atoms with Crippen molar-refractivity contribution in [2.24, 2.45) is 11.3 Å². The van der Waals surface area contributed by atoms with Gasteiger partial charge in [0.2, 0.25) is 0 Å². The van der Waals surface area contributed by atoms with E-state index in [1.54, 1.807) is 0 Å². The number of hydrogen-bond donors (Lipinski definition) is 0. The Hall–Kier alpha value is 0. The molecular weight excluding hydrogens is 156 g/mol. The van der Waals surface area contributed by atoms with Crippen LogP contribution in [0.1, 0.15) is 72.1 Å². The van der Waals surface area contributed by atoms with Crippen LogP contribution < -0.4 is 0 Å². The molecule has 0 spiro atoms. The first kappa shape index (κ1) is 11.1. The van der Waals surface area contributed by atoms with Crippen LogP contribution in [0.5, 0.6) is 0 Å². The molecule has 0 radical (unpaired) electrons. The molecule has 13 heavy (non-hydrogen) atoms. The van der Waals surface area contributed by atoms with Gasteiger partial charge < -0.3 is 0 Å². The third-order valence-corrected chi connectivity index (χ3v) is 4.14. The zero-order valence-electron chi connectivity index (χ0n) is 9.73. The molecule has 1 rings (SSSR count). The maximum absolute atomic E-state index is 2.50. The molecule has 0 saturated heterocycles. The summed E-state index contributed by atoms with van der Waals surface area (Å²) in [6.45, 7) is 7.30. The largest absolute Gasteiger partial charge is 0.0623 e. The minimum absolute atomic E-state index is 0.643. The summed E-state index contributed by atoms with van der Waals surface area (Å²) in [6.07, 6.45) is 11.8. The molecule has 1 aliphatic rings. The first-order valence-electron chi connectivity index (χ1n) is 6.15. The first-order valence-corrected chi connectivity index (χ1v) is 6.15. The van der Waals surface area contributed by atoms with Gasteiger partial charge in [-0.1, -0.05) is 59.3 Å². The summed E-state index contributed by atoms with van der Waals surface area (Å²) in [4.78, 5) is 0. The van der Waals surface area contributed by atoms with E-state index in [-0.39, 0.29) is 0 Å². The number of rotatable bonds is 1. The van der Waals surface area contributed by atoms with Gasteiger partial charge in [0.25, 0.3) is 0 Å². The topological polar surface area (TPSA) is 0 Å². The van der Waals surface area contributed by atoms with Crippen LogP contribution in [0.25, 0.3) is 0 Å². The standard InChI is InChI=1S/C13H26/c1-12(2)13(3)10-8-6-4-5-7-9-11-13/h12H,4-11H2,1-3H3. The molecule has 0 heterocycles. The third-order valence-electron chi connectivity index (χ3n) is 4.14. The maximum Gasteiger partial charge on any atom is -0.0303 e. The Balaban J connectivity index is 2.49. The van der Waals surface area contributed by atoms with Gasteiger partial charge in [0.15, 0.2) is 0 Å². The van der Waals surface area contributed by atoms with Crippen LogP contribution in [-0.4, -0.2) is 0 Å². The molecule has 1 aliphatic carbocycles. The summed E-state index contributed by atoms with van der Waals surface area (Å²) in [5, 5.41) is 0.